The van der Waals surface area contributed by atoms with E-state index >= 15 is 0 Å². The molecule has 2 N–H and O–H groups in total. The topological polar surface area (TPSA) is 54.0 Å². The van der Waals surface area contributed by atoms with Gasteiger partial charge in [0.05, 0.1) is 17.8 Å². The normalized spacial score (nSPS) is 24.4. The van der Waals surface area contributed by atoms with Crippen LogP contribution in [0.4, 0.5) is 8.78 Å². The lowest BCUT2D eigenvalue weighted by atomic mass is 9.97. The molecule has 4 rings (SSSR count). The summed E-state index contributed by atoms with van der Waals surface area (Å²) in [6.07, 6.45) is 1.04. The number of pyridine rings is 1. The number of nitrogens with one attached hydrogen (secondary N) is 2. The molecule has 1 saturated carbocycles. The Morgan fingerprint density at radius 1 is 1.26 bits per heavy atom. The molecule has 2 fully saturated rings. The van der Waals surface area contributed by atoms with Crippen LogP contribution in [-0.2, 0) is 10.2 Å². The second-order valence-electron chi connectivity index (χ2n) is 7.78. The van der Waals surface area contributed by atoms with Crippen LogP contribution in [-0.4, -0.2) is 29.6 Å². The summed E-state index contributed by atoms with van der Waals surface area (Å²) in [5, 5.41) is 5.80. The lowest BCUT2D eigenvalue weighted by Gasteiger charge is -2.22. The Kier molecular flexibility index (Phi) is 4.68. The van der Waals surface area contributed by atoms with E-state index in [1.807, 2.05) is 37.3 Å². The molecule has 4 nitrogen and oxygen atoms in total. The second-order valence-corrected chi connectivity index (χ2v) is 7.78. The van der Waals surface area contributed by atoms with Crippen LogP contribution in [0.3, 0.4) is 0 Å². The van der Waals surface area contributed by atoms with Crippen molar-refractivity contribution < 1.29 is 13.6 Å². The van der Waals surface area contributed by atoms with Gasteiger partial charge in [0.2, 0.25) is 11.9 Å². The predicted octanol–water partition coefficient (Wildman–Crippen LogP) is 3.18. The number of halogens is 2. The predicted molar refractivity (Wildman–Crippen MR) is 98.5 cm³/mol. The Balaban J connectivity index is 1.62. The van der Waals surface area contributed by atoms with E-state index in [0.717, 1.165) is 18.4 Å². The fraction of sp³-hybridized carbons (Fsp3) is 0.429. The standard InChI is InChI=1S/C21H23F2N3O/c1-21(9-10-21)15-7-8-16(25-19(15)23)18(13-5-3-2-4-6-13)26-20(27)17-11-14(22)12-24-17/h2-8,14,17-18,24H,9-12H2,1H3,(H,26,27)/t14-,17+,18+/m1/s1. The van der Waals surface area contributed by atoms with E-state index in [1.165, 1.54) is 0 Å². The number of hydrogen-bond acceptors (Lipinski definition) is 3. The first-order chi connectivity index (χ1) is 13.0. The number of aromatic nitrogens is 1. The van der Waals surface area contributed by atoms with Gasteiger partial charge in [-0.3, -0.25) is 4.79 Å². The molecule has 2 aromatic rings. The molecular formula is C21H23F2N3O. The highest BCUT2D eigenvalue weighted by Crippen LogP contribution is 2.48. The molecule has 2 heterocycles. The van der Waals surface area contributed by atoms with E-state index in [1.54, 1.807) is 12.1 Å². The molecular weight excluding hydrogens is 348 g/mol. The van der Waals surface area contributed by atoms with Crippen LogP contribution < -0.4 is 10.6 Å². The number of rotatable bonds is 5. The van der Waals surface area contributed by atoms with Crippen LogP contribution in [0.15, 0.2) is 42.5 Å². The summed E-state index contributed by atoms with van der Waals surface area (Å²) >= 11 is 0. The molecule has 1 aliphatic heterocycles. The third kappa shape index (κ3) is 3.72. The monoisotopic (exact) mass is 371 g/mol. The van der Waals surface area contributed by atoms with E-state index in [0.29, 0.717) is 11.3 Å². The number of benzene rings is 1. The first kappa shape index (κ1) is 18.0. The maximum absolute atomic E-state index is 14.7. The molecule has 1 aliphatic carbocycles. The smallest absolute Gasteiger partial charge is 0.238 e. The molecule has 0 spiro atoms. The number of carbonyl (C=O) groups is 1. The zero-order valence-corrected chi connectivity index (χ0v) is 15.2. The second kappa shape index (κ2) is 7.00. The van der Waals surface area contributed by atoms with Crippen molar-refractivity contribution in [1.82, 2.24) is 15.6 Å². The third-order valence-electron chi connectivity index (χ3n) is 5.63. The van der Waals surface area contributed by atoms with Gasteiger partial charge in [-0.25, -0.2) is 9.37 Å². The average molecular weight is 371 g/mol. The number of hydrogen-bond donors (Lipinski definition) is 2. The van der Waals surface area contributed by atoms with E-state index in [4.69, 9.17) is 0 Å². The van der Waals surface area contributed by atoms with Gasteiger partial charge in [0.15, 0.2) is 0 Å². The summed E-state index contributed by atoms with van der Waals surface area (Å²) in [5.74, 6) is -0.782. The Morgan fingerprint density at radius 2 is 2.00 bits per heavy atom. The van der Waals surface area contributed by atoms with Crippen molar-refractivity contribution in [2.24, 2.45) is 0 Å². The fourth-order valence-corrected chi connectivity index (χ4v) is 3.62. The quantitative estimate of drug-likeness (QED) is 0.794. The Bertz CT molecular complexity index is 839. The van der Waals surface area contributed by atoms with Crippen LogP contribution in [0.2, 0.25) is 0 Å². The molecule has 0 unspecified atom stereocenters. The summed E-state index contributed by atoms with van der Waals surface area (Å²) in [7, 11) is 0. The van der Waals surface area contributed by atoms with Gasteiger partial charge in [-0.05, 0) is 29.9 Å². The van der Waals surface area contributed by atoms with Gasteiger partial charge in [-0.2, -0.15) is 4.39 Å². The average Bonchev–Trinajstić information content (AvgIpc) is 3.26. The van der Waals surface area contributed by atoms with Crippen molar-refractivity contribution in [2.45, 2.75) is 49.9 Å². The van der Waals surface area contributed by atoms with Gasteiger partial charge in [-0.15, -0.1) is 0 Å². The van der Waals surface area contributed by atoms with Crippen molar-refractivity contribution >= 4 is 5.91 Å². The summed E-state index contributed by atoms with van der Waals surface area (Å²) < 4.78 is 28.1. The minimum absolute atomic E-state index is 0.120. The van der Waals surface area contributed by atoms with Gasteiger partial charge in [0.25, 0.3) is 0 Å². The molecule has 1 aromatic carbocycles. The van der Waals surface area contributed by atoms with E-state index in [9.17, 15) is 13.6 Å². The number of alkyl halides is 1. The van der Waals surface area contributed by atoms with Crippen LogP contribution in [0.5, 0.6) is 0 Å². The number of carbonyl (C=O) groups excluding carboxylic acids is 1. The van der Waals surface area contributed by atoms with Gasteiger partial charge in [0, 0.05) is 18.5 Å². The molecule has 27 heavy (non-hydrogen) atoms. The van der Waals surface area contributed by atoms with Crippen molar-refractivity contribution in [3.8, 4) is 0 Å². The first-order valence-electron chi connectivity index (χ1n) is 9.36. The van der Waals surface area contributed by atoms with E-state index in [-0.39, 0.29) is 24.3 Å². The van der Waals surface area contributed by atoms with Gasteiger partial charge in [0.1, 0.15) is 6.17 Å². The molecule has 0 radical (unpaired) electrons. The fourth-order valence-electron chi connectivity index (χ4n) is 3.62. The van der Waals surface area contributed by atoms with Gasteiger partial charge in [-0.1, -0.05) is 43.3 Å². The van der Waals surface area contributed by atoms with E-state index < -0.39 is 24.2 Å². The largest absolute Gasteiger partial charge is 0.342 e. The maximum atomic E-state index is 14.7. The molecule has 2 aliphatic rings. The minimum Gasteiger partial charge on any atom is -0.342 e. The zero-order chi connectivity index (χ0) is 19.0. The minimum atomic E-state index is -1.02. The van der Waals surface area contributed by atoms with Crippen LogP contribution >= 0.6 is 0 Å². The van der Waals surface area contributed by atoms with Crippen LogP contribution in [0.1, 0.15) is 49.0 Å². The lowest BCUT2D eigenvalue weighted by Crippen LogP contribution is -2.42. The summed E-state index contributed by atoms with van der Waals surface area (Å²) in [4.78, 5) is 16.8. The van der Waals surface area contributed by atoms with Crippen molar-refractivity contribution in [1.29, 1.82) is 0 Å². The van der Waals surface area contributed by atoms with Crippen LogP contribution in [0, 0.1) is 5.95 Å². The van der Waals surface area contributed by atoms with Crippen molar-refractivity contribution in [3.05, 3.63) is 65.2 Å². The maximum Gasteiger partial charge on any atom is 0.238 e. The molecule has 142 valence electrons. The summed E-state index contributed by atoms with van der Waals surface area (Å²) in [6.45, 7) is 2.20. The highest BCUT2D eigenvalue weighted by molar-refractivity contribution is 5.83. The van der Waals surface area contributed by atoms with Crippen molar-refractivity contribution in [3.63, 3.8) is 0 Å². The molecule has 6 heteroatoms. The van der Waals surface area contributed by atoms with Gasteiger partial charge < -0.3 is 10.6 Å². The van der Waals surface area contributed by atoms with Crippen molar-refractivity contribution in [2.75, 3.05) is 6.54 Å². The highest BCUT2D eigenvalue weighted by Gasteiger charge is 2.41. The molecule has 3 atom stereocenters. The Morgan fingerprint density at radius 3 is 2.59 bits per heavy atom. The highest BCUT2D eigenvalue weighted by atomic mass is 19.1. The number of amides is 1. The third-order valence-corrected chi connectivity index (χ3v) is 5.63. The molecule has 1 aromatic heterocycles. The molecule has 1 saturated heterocycles. The summed E-state index contributed by atoms with van der Waals surface area (Å²) in [6, 6.07) is 11.7. The Labute approximate surface area is 157 Å². The van der Waals surface area contributed by atoms with Gasteiger partial charge >= 0.3 is 0 Å². The Hall–Kier alpha value is -2.34. The van der Waals surface area contributed by atoms with Crippen LogP contribution in [0.25, 0.3) is 0 Å². The van der Waals surface area contributed by atoms with E-state index in [2.05, 4.69) is 15.6 Å². The zero-order valence-electron chi connectivity index (χ0n) is 15.2. The molecule has 1 amide bonds. The number of nitrogens with zero attached hydrogens (tertiary/aromatic N) is 1. The molecule has 0 bridgehead atoms. The first-order valence-corrected chi connectivity index (χ1v) is 9.36. The SMILES string of the molecule is CC1(c2ccc([C@@H](NC(=O)[C@@H]3C[C@@H](F)CN3)c3ccccc3)nc2F)CC1. The summed E-state index contributed by atoms with van der Waals surface area (Å²) in [5.41, 5.74) is 1.75. The lowest BCUT2D eigenvalue weighted by molar-refractivity contribution is -0.123.